The normalized spacial score (nSPS) is 10.8. The van der Waals surface area contributed by atoms with Gasteiger partial charge >= 0.3 is 0 Å². The van der Waals surface area contributed by atoms with Crippen LogP contribution in [0.3, 0.4) is 0 Å². The van der Waals surface area contributed by atoms with Gasteiger partial charge in [-0.05, 0) is 36.4 Å². The van der Waals surface area contributed by atoms with E-state index in [1.165, 1.54) is 53.1 Å². The highest BCUT2D eigenvalue weighted by molar-refractivity contribution is 6.04. The fourth-order valence-corrected chi connectivity index (χ4v) is 3.01. The van der Waals surface area contributed by atoms with Gasteiger partial charge in [0.25, 0.3) is 17.3 Å². The van der Waals surface area contributed by atoms with Gasteiger partial charge in [-0.25, -0.2) is 4.98 Å². The summed E-state index contributed by atoms with van der Waals surface area (Å²) < 4.78 is 1.40. The number of hydrogen-bond acceptors (Lipinski definition) is 6. The van der Waals surface area contributed by atoms with Crippen molar-refractivity contribution in [2.45, 2.75) is 0 Å². The number of imidazole rings is 1. The number of carbonyl (C=O) groups excluding carboxylic acids is 1. The molecule has 0 saturated carbocycles. The number of nitro groups is 2. The molecule has 0 atom stereocenters. The Balaban J connectivity index is 1.86. The quantitative estimate of drug-likeness (QED) is 0.381. The third-order valence-corrected chi connectivity index (χ3v) is 4.43. The van der Waals surface area contributed by atoms with E-state index in [4.69, 9.17) is 0 Å². The summed E-state index contributed by atoms with van der Waals surface area (Å²) >= 11 is 0. The molecular weight excluding hydrogens is 376 g/mol. The minimum absolute atomic E-state index is 0.0712. The molecule has 3 aromatic carbocycles. The van der Waals surface area contributed by atoms with Crippen LogP contribution >= 0.6 is 0 Å². The van der Waals surface area contributed by atoms with E-state index >= 15 is 0 Å². The highest BCUT2D eigenvalue weighted by Gasteiger charge is 2.20. The topological polar surface area (TPSA) is 121 Å². The summed E-state index contributed by atoms with van der Waals surface area (Å²) in [7, 11) is 0. The van der Waals surface area contributed by atoms with Gasteiger partial charge in [0.2, 0.25) is 0 Å². The van der Waals surface area contributed by atoms with Gasteiger partial charge < -0.3 is 0 Å². The Hall–Kier alpha value is -4.40. The van der Waals surface area contributed by atoms with E-state index in [1.54, 1.807) is 24.3 Å². The van der Waals surface area contributed by atoms with Crippen molar-refractivity contribution in [3.8, 4) is 11.4 Å². The van der Waals surface area contributed by atoms with Crippen LogP contribution < -0.4 is 0 Å². The zero-order valence-corrected chi connectivity index (χ0v) is 14.8. The monoisotopic (exact) mass is 388 g/mol. The molecule has 1 aromatic heterocycles. The number of para-hydroxylation sites is 2. The molecule has 1 heterocycles. The van der Waals surface area contributed by atoms with Crippen LogP contribution in [0.5, 0.6) is 0 Å². The summed E-state index contributed by atoms with van der Waals surface area (Å²) in [6.07, 6.45) is 0. The first-order valence-corrected chi connectivity index (χ1v) is 8.47. The molecule has 142 valence electrons. The van der Waals surface area contributed by atoms with Gasteiger partial charge in [-0.2, -0.15) is 0 Å². The van der Waals surface area contributed by atoms with Crippen LogP contribution in [0.4, 0.5) is 11.4 Å². The molecule has 0 amide bonds. The molecule has 0 radical (unpaired) electrons. The van der Waals surface area contributed by atoms with Crippen molar-refractivity contribution < 1.29 is 14.6 Å². The van der Waals surface area contributed by atoms with Crippen LogP contribution in [0.25, 0.3) is 22.4 Å². The third kappa shape index (κ3) is 3.21. The maximum Gasteiger partial charge on any atom is 0.269 e. The van der Waals surface area contributed by atoms with Crippen LogP contribution in [0.1, 0.15) is 10.4 Å². The second-order valence-electron chi connectivity index (χ2n) is 6.17. The molecule has 4 rings (SSSR count). The van der Waals surface area contributed by atoms with Gasteiger partial charge in [0.15, 0.2) is 0 Å². The lowest BCUT2D eigenvalue weighted by molar-refractivity contribution is -0.385. The first-order valence-electron chi connectivity index (χ1n) is 8.47. The number of hydrogen-bond donors (Lipinski definition) is 0. The standard InChI is InChI=1S/C20H12N4O5/c25-20(14-7-11-16(12-8-14)24(28)29)22-18-4-2-1-3-17(18)21-19(22)13-5-9-15(10-6-13)23(26)27/h1-12H. The van der Waals surface area contributed by atoms with E-state index in [2.05, 4.69) is 4.98 Å². The molecule has 0 saturated heterocycles. The summed E-state index contributed by atoms with van der Waals surface area (Å²) in [4.78, 5) is 38.5. The third-order valence-electron chi connectivity index (χ3n) is 4.43. The zero-order valence-electron chi connectivity index (χ0n) is 14.8. The minimum Gasteiger partial charge on any atom is -0.268 e. The summed E-state index contributed by atoms with van der Waals surface area (Å²) in [6.45, 7) is 0. The lowest BCUT2D eigenvalue weighted by atomic mass is 10.1. The summed E-state index contributed by atoms with van der Waals surface area (Å²) in [5.41, 5.74) is 1.73. The number of aromatic nitrogens is 2. The summed E-state index contributed by atoms with van der Waals surface area (Å²) in [5.74, 6) is -0.0913. The van der Waals surface area contributed by atoms with E-state index in [9.17, 15) is 25.0 Å². The predicted molar refractivity (Wildman–Crippen MR) is 105 cm³/mol. The SMILES string of the molecule is O=C(c1ccc([N+](=O)[O-])cc1)n1c(-c2ccc([N+](=O)[O-])cc2)nc2ccccc21. The van der Waals surface area contributed by atoms with Crippen LogP contribution in [-0.4, -0.2) is 25.3 Å². The van der Waals surface area contributed by atoms with Crippen molar-refractivity contribution in [1.82, 2.24) is 9.55 Å². The number of non-ortho nitro benzene ring substituents is 2. The van der Waals surface area contributed by atoms with Gasteiger partial charge in [0.1, 0.15) is 5.82 Å². The molecule has 9 nitrogen and oxygen atoms in total. The number of benzene rings is 3. The van der Waals surface area contributed by atoms with Gasteiger partial charge in [0.05, 0.1) is 20.9 Å². The fraction of sp³-hybridized carbons (Fsp3) is 0. The molecule has 4 aromatic rings. The number of nitrogens with zero attached hydrogens (tertiary/aromatic N) is 4. The molecule has 0 aliphatic heterocycles. The summed E-state index contributed by atoms with van der Waals surface area (Å²) in [5, 5.41) is 21.8. The molecule has 0 fully saturated rings. The van der Waals surface area contributed by atoms with Crippen LogP contribution in [0, 0.1) is 20.2 Å². The van der Waals surface area contributed by atoms with Crippen molar-refractivity contribution in [2.24, 2.45) is 0 Å². The van der Waals surface area contributed by atoms with E-state index in [1.807, 2.05) is 0 Å². The average molecular weight is 388 g/mol. The number of nitro benzene ring substituents is 2. The Morgan fingerprint density at radius 2 is 1.34 bits per heavy atom. The first kappa shape index (κ1) is 18.0. The molecule has 0 aliphatic rings. The smallest absolute Gasteiger partial charge is 0.268 e. The first-order chi connectivity index (χ1) is 14.0. The second kappa shape index (κ2) is 6.97. The molecule has 0 unspecified atom stereocenters. The Kier molecular flexibility index (Phi) is 4.32. The van der Waals surface area contributed by atoms with Gasteiger partial charge in [-0.1, -0.05) is 12.1 Å². The molecule has 0 N–H and O–H groups in total. The molecule has 0 bridgehead atoms. The predicted octanol–water partition coefficient (Wildman–Crippen LogP) is 4.21. The summed E-state index contributed by atoms with van der Waals surface area (Å²) in [6, 6.07) is 18.1. The van der Waals surface area contributed by atoms with Gasteiger partial charge in [0, 0.05) is 35.4 Å². The number of fused-ring (bicyclic) bond motifs is 1. The van der Waals surface area contributed by atoms with Crippen molar-refractivity contribution in [3.63, 3.8) is 0 Å². The maximum absolute atomic E-state index is 13.2. The van der Waals surface area contributed by atoms with Crippen LogP contribution in [0.15, 0.2) is 72.8 Å². The van der Waals surface area contributed by atoms with Crippen molar-refractivity contribution in [1.29, 1.82) is 0 Å². The van der Waals surface area contributed by atoms with Gasteiger partial charge in [-0.15, -0.1) is 0 Å². The van der Waals surface area contributed by atoms with Gasteiger partial charge in [-0.3, -0.25) is 29.6 Å². The zero-order chi connectivity index (χ0) is 20.5. The molecule has 0 spiro atoms. The van der Waals surface area contributed by atoms with Crippen molar-refractivity contribution in [3.05, 3.63) is 98.6 Å². The van der Waals surface area contributed by atoms with Crippen LogP contribution in [-0.2, 0) is 0 Å². The molecule has 29 heavy (non-hydrogen) atoms. The number of rotatable bonds is 4. The van der Waals surface area contributed by atoms with Crippen LogP contribution in [0.2, 0.25) is 0 Å². The Morgan fingerprint density at radius 3 is 1.93 bits per heavy atom. The second-order valence-corrected chi connectivity index (χ2v) is 6.17. The average Bonchev–Trinajstić information content (AvgIpc) is 3.13. The lowest BCUT2D eigenvalue weighted by Gasteiger charge is -2.08. The van der Waals surface area contributed by atoms with E-state index in [0.717, 1.165) is 0 Å². The lowest BCUT2D eigenvalue weighted by Crippen LogP contribution is -2.13. The van der Waals surface area contributed by atoms with E-state index in [-0.39, 0.29) is 16.9 Å². The Morgan fingerprint density at radius 1 is 0.793 bits per heavy atom. The highest BCUT2D eigenvalue weighted by atomic mass is 16.6. The number of carbonyl (C=O) groups is 1. The molecule has 0 aliphatic carbocycles. The van der Waals surface area contributed by atoms with E-state index in [0.29, 0.717) is 22.4 Å². The fourth-order valence-electron chi connectivity index (χ4n) is 3.01. The Labute approximate surface area is 163 Å². The molecular formula is C20H12N4O5. The molecule has 9 heteroatoms. The largest absolute Gasteiger partial charge is 0.269 e. The highest BCUT2D eigenvalue weighted by Crippen LogP contribution is 2.27. The maximum atomic E-state index is 13.2. The van der Waals surface area contributed by atoms with Crippen molar-refractivity contribution >= 4 is 28.3 Å². The minimum atomic E-state index is -0.539. The Bertz CT molecular complexity index is 1260. The van der Waals surface area contributed by atoms with E-state index < -0.39 is 15.8 Å². The van der Waals surface area contributed by atoms with Crippen molar-refractivity contribution in [2.75, 3.05) is 0 Å².